The summed E-state index contributed by atoms with van der Waals surface area (Å²) in [5, 5.41) is 8.92. The Labute approximate surface area is 130 Å². The fourth-order valence-corrected chi connectivity index (χ4v) is 2.32. The van der Waals surface area contributed by atoms with Gasteiger partial charge in [0.1, 0.15) is 0 Å². The average Bonchev–Trinajstić information content (AvgIpc) is 2.49. The highest BCUT2D eigenvalue weighted by atomic mass is 127. The predicted molar refractivity (Wildman–Crippen MR) is 81.8 cm³/mol. The van der Waals surface area contributed by atoms with Crippen LogP contribution in [0.1, 0.15) is 15.9 Å². The van der Waals surface area contributed by atoms with Gasteiger partial charge in [0.2, 0.25) is 0 Å². The number of nitriles is 1. The van der Waals surface area contributed by atoms with Crippen LogP contribution in [0.25, 0.3) is 0 Å². The predicted octanol–water partition coefficient (Wildman–Crippen LogP) is 3.39. The lowest BCUT2D eigenvalue weighted by atomic mass is 10.2. The van der Waals surface area contributed by atoms with Crippen LogP contribution in [0.15, 0.2) is 42.5 Å². The number of benzene rings is 2. The number of hydrogen-bond donors (Lipinski definition) is 0. The van der Waals surface area contributed by atoms with Crippen molar-refractivity contribution in [3.05, 3.63) is 57.2 Å². The van der Waals surface area contributed by atoms with E-state index in [2.05, 4.69) is 0 Å². The van der Waals surface area contributed by atoms with Crippen molar-refractivity contribution in [2.24, 2.45) is 0 Å². The summed E-state index contributed by atoms with van der Waals surface area (Å²) in [4.78, 5) is 12.0. The first-order valence-corrected chi connectivity index (χ1v) is 6.78. The third kappa shape index (κ3) is 3.08. The van der Waals surface area contributed by atoms with Gasteiger partial charge in [-0.25, -0.2) is 4.79 Å². The van der Waals surface area contributed by atoms with Crippen LogP contribution in [-0.2, 0) is 0 Å². The molecule has 0 saturated carbocycles. The second kappa shape index (κ2) is 6.39. The molecule has 0 bridgehead atoms. The molecule has 20 heavy (non-hydrogen) atoms. The zero-order valence-corrected chi connectivity index (χ0v) is 12.7. The van der Waals surface area contributed by atoms with Gasteiger partial charge >= 0.3 is 5.97 Å². The molecule has 0 aliphatic rings. The van der Waals surface area contributed by atoms with Crippen LogP contribution >= 0.6 is 22.6 Å². The molecule has 0 N–H and O–H groups in total. The maximum absolute atomic E-state index is 12.0. The van der Waals surface area contributed by atoms with Crippen molar-refractivity contribution in [2.75, 3.05) is 7.11 Å². The highest BCUT2D eigenvalue weighted by Crippen LogP contribution is 2.34. The maximum Gasteiger partial charge on any atom is 0.343 e. The topological polar surface area (TPSA) is 59.3 Å². The number of rotatable bonds is 3. The van der Waals surface area contributed by atoms with E-state index in [1.54, 1.807) is 30.3 Å². The molecule has 0 amide bonds. The third-order valence-corrected chi connectivity index (χ3v) is 3.36. The zero-order chi connectivity index (χ0) is 14.5. The summed E-state index contributed by atoms with van der Waals surface area (Å²) in [6.45, 7) is 0. The van der Waals surface area contributed by atoms with E-state index in [0.717, 1.165) is 0 Å². The van der Waals surface area contributed by atoms with Gasteiger partial charge in [-0.1, -0.05) is 18.2 Å². The first-order chi connectivity index (χ1) is 9.65. The molecule has 0 atom stereocenters. The molecule has 0 unspecified atom stereocenters. The number of hydrogen-bond acceptors (Lipinski definition) is 4. The van der Waals surface area contributed by atoms with Crippen molar-refractivity contribution >= 4 is 28.6 Å². The van der Waals surface area contributed by atoms with Crippen LogP contribution in [0.5, 0.6) is 11.5 Å². The molecule has 0 heterocycles. The van der Waals surface area contributed by atoms with Gasteiger partial charge in [0.25, 0.3) is 0 Å². The van der Waals surface area contributed by atoms with Gasteiger partial charge in [-0.2, -0.15) is 5.26 Å². The van der Waals surface area contributed by atoms with E-state index in [9.17, 15) is 4.79 Å². The molecule has 100 valence electrons. The molecule has 0 radical (unpaired) electrons. The van der Waals surface area contributed by atoms with Crippen LogP contribution in [0.3, 0.4) is 0 Å². The molecule has 2 aromatic carbocycles. The molecule has 0 saturated heterocycles. The Hall–Kier alpha value is -2.07. The molecular formula is C15H10INO3. The quantitative estimate of drug-likeness (QED) is 0.466. The van der Waals surface area contributed by atoms with E-state index in [0.29, 0.717) is 26.2 Å². The van der Waals surface area contributed by atoms with Crippen molar-refractivity contribution in [1.29, 1.82) is 5.26 Å². The molecule has 2 rings (SSSR count). The summed E-state index contributed by atoms with van der Waals surface area (Å²) in [6, 6.07) is 13.9. The summed E-state index contributed by atoms with van der Waals surface area (Å²) in [7, 11) is 1.46. The second-order valence-electron chi connectivity index (χ2n) is 3.86. The Morgan fingerprint density at radius 3 is 2.55 bits per heavy atom. The Kier molecular flexibility index (Phi) is 4.58. The van der Waals surface area contributed by atoms with Gasteiger partial charge in [-0.05, 0) is 40.8 Å². The summed E-state index contributed by atoms with van der Waals surface area (Å²) in [5.74, 6) is 0.213. The third-order valence-electron chi connectivity index (χ3n) is 2.56. The lowest BCUT2D eigenvalue weighted by Gasteiger charge is -2.11. The van der Waals surface area contributed by atoms with Crippen LogP contribution in [0, 0.1) is 14.9 Å². The van der Waals surface area contributed by atoms with Crippen molar-refractivity contribution in [2.45, 2.75) is 0 Å². The minimum absolute atomic E-state index is 0.320. The van der Waals surface area contributed by atoms with Crippen LogP contribution in [-0.4, -0.2) is 13.1 Å². The fraction of sp³-hybridized carbons (Fsp3) is 0.0667. The SMILES string of the molecule is COc1cc(C#N)cc(I)c1OC(=O)c1ccccc1. The second-order valence-corrected chi connectivity index (χ2v) is 5.02. The number of esters is 1. The molecule has 0 spiro atoms. The molecule has 4 nitrogen and oxygen atoms in total. The number of carbonyl (C=O) groups is 1. The standard InChI is InChI=1S/C15H10INO3/c1-19-13-8-10(9-17)7-12(16)14(13)20-15(18)11-5-3-2-4-6-11/h2-8H,1H3. The molecule has 5 heteroatoms. The van der Waals surface area contributed by atoms with Crippen LogP contribution in [0.2, 0.25) is 0 Å². The smallest absolute Gasteiger partial charge is 0.343 e. The molecule has 0 aliphatic carbocycles. The fourth-order valence-electron chi connectivity index (χ4n) is 1.61. The Morgan fingerprint density at radius 2 is 1.95 bits per heavy atom. The van der Waals surface area contributed by atoms with E-state index in [1.165, 1.54) is 13.2 Å². The molecular weight excluding hydrogens is 369 g/mol. The average molecular weight is 379 g/mol. The highest BCUT2D eigenvalue weighted by Gasteiger charge is 2.16. The van der Waals surface area contributed by atoms with Crippen molar-refractivity contribution in [3.8, 4) is 17.6 Å². The van der Waals surface area contributed by atoms with Gasteiger partial charge in [0, 0.05) is 6.07 Å². The van der Waals surface area contributed by atoms with Gasteiger partial charge in [-0.3, -0.25) is 0 Å². The number of nitrogens with zero attached hydrogens (tertiary/aromatic N) is 1. The van der Waals surface area contributed by atoms with E-state index < -0.39 is 5.97 Å². The van der Waals surface area contributed by atoms with Crippen molar-refractivity contribution in [3.63, 3.8) is 0 Å². The van der Waals surface area contributed by atoms with Crippen LogP contribution < -0.4 is 9.47 Å². The number of carbonyl (C=O) groups excluding carboxylic acids is 1. The van der Waals surface area contributed by atoms with Gasteiger partial charge in [-0.15, -0.1) is 0 Å². The number of ether oxygens (including phenoxy) is 2. The Balaban J connectivity index is 2.35. The number of methoxy groups -OCH3 is 1. The molecule has 0 aromatic heterocycles. The van der Waals surface area contributed by atoms with E-state index in [1.807, 2.05) is 34.7 Å². The monoisotopic (exact) mass is 379 g/mol. The minimum Gasteiger partial charge on any atom is -0.493 e. The first-order valence-electron chi connectivity index (χ1n) is 5.70. The molecule has 0 aliphatic heterocycles. The Morgan fingerprint density at radius 1 is 1.25 bits per heavy atom. The normalized spacial score (nSPS) is 9.65. The van der Waals surface area contributed by atoms with Gasteiger partial charge in [0.05, 0.1) is 27.9 Å². The largest absolute Gasteiger partial charge is 0.493 e. The highest BCUT2D eigenvalue weighted by molar-refractivity contribution is 14.1. The lowest BCUT2D eigenvalue weighted by Crippen LogP contribution is -2.10. The van der Waals surface area contributed by atoms with Crippen LogP contribution in [0.4, 0.5) is 0 Å². The summed E-state index contributed by atoms with van der Waals surface area (Å²) < 4.78 is 11.2. The molecule has 0 fully saturated rings. The van der Waals surface area contributed by atoms with E-state index in [4.69, 9.17) is 14.7 Å². The summed E-state index contributed by atoms with van der Waals surface area (Å²) >= 11 is 2.00. The Bertz CT molecular complexity index is 678. The van der Waals surface area contributed by atoms with Gasteiger partial charge < -0.3 is 9.47 Å². The first kappa shape index (κ1) is 14.3. The van der Waals surface area contributed by atoms with E-state index >= 15 is 0 Å². The van der Waals surface area contributed by atoms with E-state index in [-0.39, 0.29) is 0 Å². The maximum atomic E-state index is 12.0. The van der Waals surface area contributed by atoms with Crippen molar-refractivity contribution in [1.82, 2.24) is 0 Å². The van der Waals surface area contributed by atoms with Gasteiger partial charge in [0.15, 0.2) is 11.5 Å². The minimum atomic E-state index is -0.466. The summed E-state index contributed by atoms with van der Waals surface area (Å²) in [6.07, 6.45) is 0. The number of halogens is 1. The lowest BCUT2D eigenvalue weighted by molar-refractivity contribution is 0.0728. The van der Waals surface area contributed by atoms with Crippen molar-refractivity contribution < 1.29 is 14.3 Å². The molecule has 2 aromatic rings. The zero-order valence-electron chi connectivity index (χ0n) is 10.6. The summed E-state index contributed by atoms with van der Waals surface area (Å²) in [5.41, 5.74) is 0.903.